The van der Waals surface area contributed by atoms with E-state index in [2.05, 4.69) is 15.5 Å². The third-order valence-corrected chi connectivity index (χ3v) is 3.51. The molecule has 0 radical (unpaired) electrons. The quantitative estimate of drug-likeness (QED) is 0.734. The second kappa shape index (κ2) is 5.31. The van der Waals surface area contributed by atoms with Gasteiger partial charge in [-0.15, -0.1) is 5.10 Å². The molecule has 0 spiro atoms. The van der Waals surface area contributed by atoms with Crippen LogP contribution >= 0.6 is 23.2 Å². The molecule has 21 heavy (non-hydrogen) atoms. The van der Waals surface area contributed by atoms with E-state index < -0.39 is 5.82 Å². The number of hydrogen-bond acceptors (Lipinski definition) is 4. The minimum Gasteiger partial charge on any atom is -0.398 e. The van der Waals surface area contributed by atoms with Crippen molar-refractivity contribution in [3.63, 3.8) is 0 Å². The Labute approximate surface area is 129 Å². The Morgan fingerprint density at radius 1 is 1.05 bits per heavy atom. The van der Waals surface area contributed by atoms with Crippen molar-refractivity contribution in [2.75, 3.05) is 5.73 Å². The second-order valence-electron chi connectivity index (χ2n) is 4.19. The zero-order valence-corrected chi connectivity index (χ0v) is 12.0. The lowest BCUT2D eigenvalue weighted by Crippen LogP contribution is -2.05. The fourth-order valence-corrected chi connectivity index (χ4v) is 2.47. The minimum absolute atomic E-state index is 0.0403. The van der Waals surface area contributed by atoms with Crippen molar-refractivity contribution in [2.45, 2.75) is 0 Å². The summed E-state index contributed by atoms with van der Waals surface area (Å²) in [6.45, 7) is 0. The first kappa shape index (κ1) is 13.8. The predicted octanol–water partition coefficient (Wildman–Crippen LogP) is 3.36. The van der Waals surface area contributed by atoms with Crippen LogP contribution in [0.25, 0.3) is 17.1 Å². The highest BCUT2D eigenvalue weighted by molar-refractivity contribution is 6.34. The van der Waals surface area contributed by atoms with Gasteiger partial charge in [0.15, 0.2) is 11.6 Å². The van der Waals surface area contributed by atoms with Gasteiger partial charge in [0, 0.05) is 5.69 Å². The molecule has 0 aliphatic heterocycles. The van der Waals surface area contributed by atoms with Crippen LogP contribution in [0.3, 0.4) is 0 Å². The summed E-state index contributed by atoms with van der Waals surface area (Å²) in [4.78, 5) is 0. The number of nitrogens with two attached hydrogens (primary N) is 1. The van der Waals surface area contributed by atoms with Crippen molar-refractivity contribution in [3.05, 3.63) is 52.3 Å². The fraction of sp³-hybridized carbons (Fsp3) is 0. The van der Waals surface area contributed by atoms with E-state index in [-0.39, 0.29) is 16.5 Å². The van der Waals surface area contributed by atoms with Crippen LogP contribution in [0.15, 0.2) is 36.4 Å². The molecule has 0 saturated carbocycles. The fourth-order valence-electron chi connectivity index (χ4n) is 1.96. The van der Waals surface area contributed by atoms with E-state index in [1.165, 1.54) is 16.8 Å². The lowest BCUT2D eigenvalue weighted by atomic mass is 10.1. The van der Waals surface area contributed by atoms with Gasteiger partial charge in [0.1, 0.15) is 5.69 Å². The van der Waals surface area contributed by atoms with Gasteiger partial charge in [-0.05, 0) is 34.7 Å². The molecule has 0 saturated heterocycles. The maximum Gasteiger partial charge on any atom is 0.190 e. The van der Waals surface area contributed by atoms with Gasteiger partial charge in [-0.1, -0.05) is 35.3 Å². The molecule has 3 rings (SSSR count). The van der Waals surface area contributed by atoms with E-state index in [1.807, 2.05) is 0 Å². The lowest BCUT2D eigenvalue weighted by molar-refractivity contribution is 0.608. The molecule has 0 aliphatic rings. The molecule has 1 aromatic heterocycles. The summed E-state index contributed by atoms with van der Waals surface area (Å²) in [6.07, 6.45) is 0. The molecule has 0 aliphatic carbocycles. The van der Waals surface area contributed by atoms with Crippen molar-refractivity contribution in [1.29, 1.82) is 0 Å². The van der Waals surface area contributed by atoms with Crippen molar-refractivity contribution >= 4 is 28.9 Å². The molecule has 0 atom stereocenters. The maximum atomic E-state index is 14.0. The molecule has 0 bridgehead atoms. The molecule has 106 valence electrons. The molecule has 2 N–H and O–H groups in total. The second-order valence-corrected chi connectivity index (χ2v) is 5.00. The third kappa shape index (κ3) is 2.32. The first-order chi connectivity index (χ1) is 10.1. The summed E-state index contributed by atoms with van der Waals surface area (Å²) < 4.78 is 15.2. The molecule has 0 fully saturated rings. The zero-order valence-electron chi connectivity index (χ0n) is 10.5. The number of nitrogen functional groups attached to an aromatic ring is 1. The van der Waals surface area contributed by atoms with Crippen LogP contribution in [0.5, 0.6) is 0 Å². The average molecular weight is 324 g/mol. The lowest BCUT2D eigenvalue weighted by Gasteiger charge is -2.10. The van der Waals surface area contributed by atoms with E-state index in [4.69, 9.17) is 28.9 Å². The molecule has 5 nitrogen and oxygen atoms in total. The molecular weight excluding hydrogens is 316 g/mol. The highest BCUT2D eigenvalue weighted by atomic mass is 35.5. The number of benzene rings is 2. The largest absolute Gasteiger partial charge is 0.398 e. The standard InChI is InChI=1S/C13H8Cl2FN5/c14-7-3-2-6-10(17)11(7)13-18-19-20-21(13)12-8(15)4-1-5-9(12)16/h1-6H,17H2. The van der Waals surface area contributed by atoms with Crippen LogP contribution in [-0.2, 0) is 0 Å². The van der Waals surface area contributed by atoms with E-state index in [0.717, 1.165) is 0 Å². The zero-order chi connectivity index (χ0) is 15.0. The van der Waals surface area contributed by atoms with Gasteiger partial charge in [-0.3, -0.25) is 0 Å². The first-order valence-electron chi connectivity index (χ1n) is 5.86. The van der Waals surface area contributed by atoms with Gasteiger partial charge in [-0.25, -0.2) is 4.39 Å². The molecule has 8 heteroatoms. The number of para-hydroxylation sites is 1. The van der Waals surface area contributed by atoms with E-state index >= 15 is 0 Å². The monoisotopic (exact) mass is 323 g/mol. The molecule has 3 aromatic rings. The molecular formula is C13H8Cl2FN5. The number of halogens is 3. The van der Waals surface area contributed by atoms with Gasteiger partial charge >= 0.3 is 0 Å². The Morgan fingerprint density at radius 2 is 1.76 bits per heavy atom. The molecule has 2 aromatic carbocycles. The topological polar surface area (TPSA) is 69.6 Å². The Kier molecular flexibility index (Phi) is 3.48. The predicted molar refractivity (Wildman–Crippen MR) is 79.0 cm³/mol. The maximum absolute atomic E-state index is 14.0. The van der Waals surface area contributed by atoms with Gasteiger partial charge in [0.25, 0.3) is 0 Å². The number of aromatic nitrogens is 4. The Bertz CT molecular complexity index is 712. The summed E-state index contributed by atoms with van der Waals surface area (Å²) in [5, 5.41) is 11.8. The SMILES string of the molecule is Nc1cccc(Cl)c1-c1nnnn1-c1c(F)cccc1Cl. The number of rotatable bonds is 2. The average Bonchev–Trinajstić information content (AvgIpc) is 2.87. The number of tetrazole rings is 1. The van der Waals surface area contributed by atoms with E-state index in [0.29, 0.717) is 16.3 Å². The van der Waals surface area contributed by atoms with Crippen LogP contribution < -0.4 is 5.73 Å². The van der Waals surface area contributed by atoms with Crippen LogP contribution in [-0.4, -0.2) is 20.2 Å². The number of hydrogen-bond donors (Lipinski definition) is 1. The van der Waals surface area contributed by atoms with Crippen LogP contribution in [0.2, 0.25) is 10.0 Å². The Balaban J connectivity index is 2.28. The highest BCUT2D eigenvalue weighted by Crippen LogP contribution is 2.34. The van der Waals surface area contributed by atoms with Gasteiger partial charge in [-0.2, -0.15) is 4.68 Å². The van der Waals surface area contributed by atoms with Crippen molar-refractivity contribution in [1.82, 2.24) is 20.2 Å². The van der Waals surface area contributed by atoms with Gasteiger partial charge in [0.2, 0.25) is 0 Å². The molecule has 0 amide bonds. The third-order valence-electron chi connectivity index (χ3n) is 2.89. The van der Waals surface area contributed by atoms with Crippen molar-refractivity contribution < 1.29 is 4.39 Å². The summed E-state index contributed by atoms with van der Waals surface area (Å²) in [5.74, 6) is -0.341. The van der Waals surface area contributed by atoms with Crippen LogP contribution in [0, 0.1) is 5.82 Å². The minimum atomic E-state index is -0.554. The van der Waals surface area contributed by atoms with Crippen LogP contribution in [0.4, 0.5) is 10.1 Å². The van der Waals surface area contributed by atoms with Gasteiger partial charge < -0.3 is 5.73 Å². The normalized spacial score (nSPS) is 10.8. The van der Waals surface area contributed by atoms with Crippen molar-refractivity contribution in [2.24, 2.45) is 0 Å². The molecule has 0 unspecified atom stereocenters. The van der Waals surface area contributed by atoms with Gasteiger partial charge in [0.05, 0.1) is 15.6 Å². The summed E-state index contributed by atoms with van der Waals surface area (Å²) in [5.41, 5.74) is 6.76. The number of nitrogens with zero attached hydrogens (tertiary/aromatic N) is 4. The number of anilines is 1. The summed E-state index contributed by atoms with van der Waals surface area (Å²) in [7, 11) is 0. The molecule has 1 heterocycles. The summed E-state index contributed by atoms with van der Waals surface area (Å²) in [6, 6.07) is 9.31. The highest BCUT2D eigenvalue weighted by Gasteiger charge is 2.20. The Hall–Kier alpha value is -2.18. The van der Waals surface area contributed by atoms with Crippen molar-refractivity contribution in [3.8, 4) is 17.1 Å². The Morgan fingerprint density at radius 3 is 2.48 bits per heavy atom. The smallest absolute Gasteiger partial charge is 0.190 e. The summed E-state index contributed by atoms with van der Waals surface area (Å²) >= 11 is 12.2. The first-order valence-corrected chi connectivity index (χ1v) is 6.62. The van der Waals surface area contributed by atoms with Crippen LogP contribution in [0.1, 0.15) is 0 Å². The van der Waals surface area contributed by atoms with E-state index in [1.54, 1.807) is 24.3 Å². The van der Waals surface area contributed by atoms with E-state index in [9.17, 15) is 4.39 Å².